The first kappa shape index (κ1) is 26.6. The maximum absolute atomic E-state index is 13.4. The van der Waals surface area contributed by atoms with Crippen LogP contribution >= 0.6 is 23.4 Å². The number of anilines is 1. The van der Waals surface area contributed by atoms with E-state index in [2.05, 4.69) is 20.4 Å². The predicted octanol–water partition coefficient (Wildman–Crippen LogP) is 6.55. The molecule has 2 aromatic heterocycles. The first-order chi connectivity index (χ1) is 17.5. The molecule has 0 atom stereocenters. The van der Waals surface area contributed by atoms with Crippen LogP contribution in [0.15, 0.2) is 59.8 Å². The molecule has 12 heteroatoms. The van der Waals surface area contributed by atoms with Gasteiger partial charge in [0.2, 0.25) is 5.91 Å². The summed E-state index contributed by atoms with van der Waals surface area (Å²) in [7, 11) is 0. The van der Waals surface area contributed by atoms with Crippen LogP contribution in [0.4, 0.5) is 23.2 Å². The van der Waals surface area contributed by atoms with E-state index in [-0.39, 0.29) is 16.6 Å². The minimum Gasteiger partial charge on any atom is -0.322 e. The molecule has 6 nitrogen and oxygen atoms in total. The highest BCUT2D eigenvalue weighted by Crippen LogP contribution is 2.32. The standard InChI is InChI=1S/C25H20ClF4N5OS/c1-14-23(15(2)35(34-14)12-16-3-7-18(26)8-4-16)33-22(36)13-37-24-31-20(11-21(32-24)25(28,29)30)17-5-9-19(27)10-6-17/h3-11H,12-13H2,1-2H3,(H,33,36). The number of rotatable bonds is 7. The Labute approximate surface area is 219 Å². The molecule has 0 aliphatic carbocycles. The van der Waals surface area contributed by atoms with Crippen molar-refractivity contribution in [2.45, 2.75) is 31.7 Å². The van der Waals surface area contributed by atoms with E-state index in [0.29, 0.717) is 28.5 Å². The number of aryl methyl sites for hydroxylation is 1. The molecule has 37 heavy (non-hydrogen) atoms. The third-order valence-electron chi connectivity index (χ3n) is 5.36. The van der Waals surface area contributed by atoms with Crippen LogP contribution in [0.3, 0.4) is 0 Å². The number of halogens is 5. The van der Waals surface area contributed by atoms with Crippen LogP contribution in [0.1, 0.15) is 22.6 Å². The fourth-order valence-electron chi connectivity index (χ4n) is 3.50. The smallest absolute Gasteiger partial charge is 0.322 e. The lowest BCUT2D eigenvalue weighted by molar-refractivity contribution is -0.141. The normalized spacial score (nSPS) is 11.5. The topological polar surface area (TPSA) is 72.7 Å². The molecular weight excluding hydrogens is 530 g/mol. The summed E-state index contributed by atoms with van der Waals surface area (Å²) in [5.41, 5.74) is 1.93. The zero-order chi connectivity index (χ0) is 26.7. The molecule has 2 heterocycles. The van der Waals surface area contributed by atoms with Gasteiger partial charge in [-0.25, -0.2) is 14.4 Å². The molecule has 0 aliphatic heterocycles. The summed E-state index contributed by atoms with van der Waals surface area (Å²) in [4.78, 5) is 20.4. The summed E-state index contributed by atoms with van der Waals surface area (Å²) in [6.07, 6.45) is -4.72. The van der Waals surface area contributed by atoms with Gasteiger partial charge in [-0.05, 0) is 61.9 Å². The second-order valence-electron chi connectivity index (χ2n) is 8.09. The van der Waals surface area contributed by atoms with Crippen molar-refractivity contribution in [2.24, 2.45) is 0 Å². The molecular formula is C25H20ClF4N5OS. The first-order valence-electron chi connectivity index (χ1n) is 10.9. The Bertz CT molecular complexity index is 1420. The third-order valence-corrected chi connectivity index (χ3v) is 6.46. The van der Waals surface area contributed by atoms with Crippen LogP contribution in [0, 0.1) is 19.7 Å². The molecule has 0 saturated carbocycles. The van der Waals surface area contributed by atoms with Gasteiger partial charge in [0, 0.05) is 10.6 Å². The summed E-state index contributed by atoms with van der Waals surface area (Å²) < 4.78 is 55.3. The Hall–Kier alpha value is -3.44. The molecule has 192 valence electrons. The number of amides is 1. The number of nitrogens with zero attached hydrogens (tertiary/aromatic N) is 4. The third kappa shape index (κ3) is 6.66. The van der Waals surface area contributed by atoms with Gasteiger partial charge in [0.15, 0.2) is 5.16 Å². The second-order valence-corrected chi connectivity index (χ2v) is 9.47. The van der Waals surface area contributed by atoms with Gasteiger partial charge < -0.3 is 5.32 Å². The van der Waals surface area contributed by atoms with E-state index in [1.54, 1.807) is 23.7 Å². The molecule has 4 aromatic rings. The molecule has 0 aliphatic rings. The molecule has 0 bridgehead atoms. The van der Waals surface area contributed by atoms with E-state index in [0.717, 1.165) is 41.2 Å². The monoisotopic (exact) mass is 549 g/mol. The van der Waals surface area contributed by atoms with E-state index >= 15 is 0 Å². The quantitative estimate of drug-likeness (QED) is 0.161. The number of alkyl halides is 3. The Kier molecular flexibility index (Phi) is 7.84. The highest BCUT2D eigenvalue weighted by molar-refractivity contribution is 7.99. The van der Waals surface area contributed by atoms with Gasteiger partial charge in [-0.2, -0.15) is 18.3 Å². The van der Waals surface area contributed by atoms with E-state index in [9.17, 15) is 22.4 Å². The van der Waals surface area contributed by atoms with Crippen molar-refractivity contribution in [1.29, 1.82) is 0 Å². The van der Waals surface area contributed by atoms with Crippen molar-refractivity contribution in [3.05, 3.63) is 88.1 Å². The lowest BCUT2D eigenvalue weighted by atomic mass is 10.1. The number of carbonyl (C=O) groups is 1. The first-order valence-corrected chi connectivity index (χ1v) is 12.3. The van der Waals surface area contributed by atoms with Gasteiger partial charge in [0.25, 0.3) is 0 Å². The van der Waals surface area contributed by atoms with Gasteiger partial charge in [-0.3, -0.25) is 9.48 Å². The molecule has 0 radical (unpaired) electrons. The predicted molar refractivity (Wildman–Crippen MR) is 134 cm³/mol. The van der Waals surface area contributed by atoms with Crippen LogP contribution in [-0.4, -0.2) is 31.4 Å². The van der Waals surface area contributed by atoms with Gasteiger partial charge in [-0.1, -0.05) is 35.5 Å². The lowest BCUT2D eigenvalue weighted by Gasteiger charge is -2.11. The Morgan fingerprint density at radius 3 is 2.38 bits per heavy atom. The van der Waals surface area contributed by atoms with E-state index < -0.39 is 23.6 Å². The molecule has 0 unspecified atom stereocenters. The number of hydrogen-bond acceptors (Lipinski definition) is 5. The number of benzene rings is 2. The summed E-state index contributed by atoms with van der Waals surface area (Å²) >= 11 is 6.70. The Morgan fingerprint density at radius 2 is 1.73 bits per heavy atom. The number of nitrogens with one attached hydrogen (secondary N) is 1. The highest BCUT2D eigenvalue weighted by Gasteiger charge is 2.34. The summed E-state index contributed by atoms with van der Waals surface area (Å²) in [6.45, 7) is 4.03. The van der Waals surface area contributed by atoms with Gasteiger partial charge >= 0.3 is 6.18 Å². The van der Waals surface area contributed by atoms with Gasteiger partial charge in [-0.15, -0.1) is 0 Å². The van der Waals surface area contributed by atoms with Crippen molar-refractivity contribution in [2.75, 3.05) is 11.1 Å². The van der Waals surface area contributed by atoms with Crippen molar-refractivity contribution in [3.8, 4) is 11.3 Å². The fourth-order valence-corrected chi connectivity index (χ4v) is 4.29. The summed E-state index contributed by atoms with van der Waals surface area (Å²) in [5, 5.41) is 7.65. The van der Waals surface area contributed by atoms with Gasteiger partial charge in [0.1, 0.15) is 11.5 Å². The Morgan fingerprint density at radius 1 is 1.05 bits per heavy atom. The zero-order valence-corrected chi connectivity index (χ0v) is 21.2. The molecule has 2 aromatic carbocycles. The van der Waals surface area contributed by atoms with Crippen LogP contribution in [-0.2, 0) is 17.5 Å². The van der Waals surface area contributed by atoms with Crippen LogP contribution in [0.2, 0.25) is 5.02 Å². The molecule has 0 saturated heterocycles. The number of aromatic nitrogens is 4. The summed E-state index contributed by atoms with van der Waals surface area (Å²) in [5.74, 6) is -1.21. The van der Waals surface area contributed by atoms with Crippen LogP contribution in [0.25, 0.3) is 11.3 Å². The maximum atomic E-state index is 13.4. The molecule has 1 amide bonds. The molecule has 0 spiro atoms. The van der Waals surface area contributed by atoms with E-state index in [1.165, 1.54) is 12.1 Å². The van der Waals surface area contributed by atoms with E-state index in [4.69, 9.17) is 11.6 Å². The minimum atomic E-state index is -4.72. The lowest BCUT2D eigenvalue weighted by Crippen LogP contribution is -2.16. The molecule has 4 rings (SSSR count). The second kappa shape index (κ2) is 10.9. The van der Waals surface area contributed by atoms with Crippen molar-refractivity contribution >= 4 is 35.0 Å². The largest absolute Gasteiger partial charge is 0.433 e. The van der Waals surface area contributed by atoms with Crippen molar-refractivity contribution in [3.63, 3.8) is 0 Å². The fraction of sp³-hybridized carbons (Fsp3) is 0.200. The molecule has 0 fully saturated rings. The van der Waals surface area contributed by atoms with E-state index in [1.807, 2.05) is 19.1 Å². The SMILES string of the molecule is Cc1nn(Cc2ccc(Cl)cc2)c(C)c1NC(=O)CSc1nc(-c2ccc(F)cc2)cc(C(F)(F)F)n1. The average Bonchev–Trinajstić information content (AvgIpc) is 3.11. The highest BCUT2D eigenvalue weighted by atomic mass is 35.5. The molecule has 1 N–H and O–H groups in total. The number of carbonyl (C=O) groups excluding carboxylic acids is 1. The van der Waals surface area contributed by atoms with Crippen molar-refractivity contribution < 1.29 is 22.4 Å². The number of hydrogen-bond donors (Lipinski definition) is 1. The van der Waals surface area contributed by atoms with Crippen LogP contribution < -0.4 is 5.32 Å². The van der Waals surface area contributed by atoms with Crippen LogP contribution in [0.5, 0.6) is 0 Å². The summed E-state index contributed by atoms with van der Waals surface area (Å²) in [6, 6.07) is 13.0. The Balaban J connectivity index is 1.48. The minimum absolute atomic E-state index is 0.0274. The van der Waals surface area contributed by atoms with Gasteiger partial charge in [0.05, 0.1) is 35.1 Å². The zero-order valence-electron chi connectivity index (χ0n) is 19.6. The average molecular weight is 550 g/mol. The van der Waals surface area contributed by atoms with Crippen molar-refractivity contribution in [1.82, 2.24) is 19.7 Å². The maximum Gasteiger partial charge on any atom is 0.433 e. The number of thioether (sulfide) groups is 1.